The maximum absolute atomic E-state index is 12.3. The molecule has 0 aliphatic rings. The number of nitrogens with zero attached hydrogens (tertiary/aromatic N) is 1. The fourth-order valence-electron chi connectivity index (χ4n) is 1.92. The molecule has 0 aliphatic heterocycles. The number of carbonyl (C=O) groups excluding carboxylic acids is 1. The Bertz CT molecular complexity index is 363. The molecule has 1 amide bonds. The Balaban J connectivity index is 2.93. The first-order chi connectivity index (χ1) is 7.97. The lowest BCUT2D eigenvalue weighted by atomic mass is 10.1. The van der Waals surface area contributed by atoms with Crippen molar-refractivity contribution in [2.75, 3.05) is 5.43 Å². The first kappa shape index (κ1) is 13.5. The van der Waals surface area contributed by atoms with Crippen molar-refractivity contribution in [2.45, 2.75) is 39.8 Å². The van der Waals surface area contributed by atoms with Crippen LogP contribution in [-0.4, -0.2) is 22.9 Å². The van der Waals surface area contributed by atoms with Gasteiger partial charge in [0.1, 0.15) is 0 Å². The highest BCUT2D eigenvalue weighted by molar-refractivity contribution is 5.94. The Morgan fingerprint density at radius 3 is 1.94 bits per heavy atom. The molecule has 0 heterocycles. The van der Waals surface area contributed by atoms with Gasteiger partial charge in [-0.15, -0.1) is 0 Å². The van der Waals surface area contributed by atoms with Crippen LogP contribution in [0.25, 0.3) is 0 Å². The van der Waals surface area contributed by atoms with E-state index in [4.69, 9.17) is 5.84 Å². The molecule has 0 bridgehead atoms. The SMILES string of the molecule is CC(C)N(C(=O)c1ccc(NN)cc1)C(C)C. The van der Waals surface area contributed by atoms with E-state index in [-0.39, 0.29) is 18.0 Å². The molecule has 4 heteroatoms. The van der Waals surface area contributed by atoms with E-state index in [1.54, 1.807) is 24.3 Å². The van der Waals surface area contributed by atoms with Gasteiger partial charge in [-0.2, -0.15) is 0 Å². The summed E-state index contributed by atoms with van der Waals surface area (Å²) in [5.41, 5.74) is 4.02. The average molecular weight is 235 g/mol. The lowest BCUT2D eigenvalue weighted by Gasteiger charge is -2.30. The van der Waals surface area contributed by atoms with Crippen LogP contribution in [0.5, 0.6) is 0 Å². The monoisotopic (exact) mass is 235 g/mol. The summed E-state index contributed by atoms with van der Waals surface area (Å²) in [6, 6.07) is 7.55. The van der Waals surface area contributed by atoms with Crippen LogP contribution in [-0.2, 0) is 0 Å². The van der Waals surface area contributed by atoms with Crippen LogP contribution in [0.2, 0.25) is 0 Å². The number of amides is 1. The molecule has 0 saturated heterocycles. The smallest absolute Gasteiger partial charge is 0.254 e. The van der Waals surface area contributed by atoms with Crippen LogP contribution >= 0.6 is 0 Å². The fourth-order valence-corrected chi connectivity index (χ4v) is 1.92. The molecular formula is C13H21N3O. The van der Waals surface area contributed by atoms with Crippen molar-refractivity contribution < 1.29 is 4.79 Å². The molecule has 1 rings (SSSR count). The summed E-state index contributed by atoms with van der Waals surface area (Å²) in [6.07, 6.45) is 0. The van der Waals surface area contributed by atoms with E-state index in [1.807, 2.05) is 32.6 Å². The number of carbonyl (C=O) groups is 1. The second kappa shape index (κ2) is 5.68. The van der Waals surface area contributed by atoms with E-state index in [2.05, 4.69) is 5.43 Å². The van der Waals surface area contributed by atoms with Gasteiger partial charge in [-0.3, -0.25) is 10.6 Å². The van der Waals surface area contributed by atoms with Crippen LogP contribution in [0.3, 0.4) is 0 Å². The van der Waals surface area contributed by atoms with E-state index >= 15 is 0 Å². The predicted molar refractivity (Wildman–Crippen MR) is 70.7 cm³/mol. The number of rotatable bonds is 4. The van der Waals surface area contributed by atoms with E-state index in [9.17, 15) is 4.79 Å². The second-order valence-corrected chi connectivity index (χ2v) is 4.62. The highest BCUT2D eigenvalue weighted by Crippen LogP contribution is 2.14. The molecule has 1 aromatic carbocycles. The Morgan fingerprint density at radius 2 is 1.59 bits per heavy atom. The summed E-state index contributed by atoms with van der Waals surface area (Å²) >= 11 is 0. The van der Waals surface area contributed by atoms with Gasteiger partial charge >= 0.3 is 0 Å². The molecular weight excluding hydrogens is 214 g/mol. The molecule has 0 spiro atoms. The minimum atomic E-state index is 0.0542. The Hall–Kier alpha value is -1.55. The van der Waals surface area contributed by atoms with Gasteiger partial charge in [-0.25, -0.2) is 0 Å². The Kier molecular flexibility index (Phi) is 4.52. The van der Waals surface area contributed by atoms with Crippen molar-refractivity contribution in [2.24, 2.45) is 5.84 Å². The number of anilines is 1. The number of benzene rings is 1. The molecule has 4 nitrogen and oxygen atoms in total. The van der Waals surface area contributed by atoms with Gasteiger partial charge in [-0.1, -0.05) is 0 Å². The average Bonchev–Trinajstić information content (AvgIpc) is 2.28. The third kappa shape index (κ3) is 3.20. The first-order valence-corrected chi connectivity index (χ1v) is 5.86. The zero-order valence-electron chi connectivity index (χ0n) is 10.9. The number of hydrogen-bond acceptors (Lipinski definition) is 3. The van der Waals surface area contributed by atoms with Crippen molar-refractivity contribution in [1.82, 2.24) is 4.90 Å². The number of hydrogen-bond donors (Lipinski definition) is 2. The van der Waals surface area contributed by atoms with Crippen molar-refractivity contribution in [3.8, 4) is 0 Å². The molecule has 0 saturated carbocycles. The molecule has 0 aromatic heterocycles. The fraction of sp³-hybridized carbons (Fsp3) is 0.462. The summed E-state index contributed by atoms with van der Waals surface area (Å²) < 4.78 is 0. The van der Waals surface area contributed by atoms with Crippen LogP contribution in [0.15, 0.2) is 24.3 Å². The molecule has 94 valence electrons. The van der Waals surface area contributed by atoms with Gasteiger partial charge in [0, 0.05) is 23.3 Å². The maximum atomic E-state index is 12.3. The molecule has 3 N–H and O–H groups in total. The molecule has 1 aromatic rings. The molecule has 17 heavy (non-hydrogen) atoms. The molecule has 0 atom stereocenters. The van der Waals surface area contributed by atoms with E-state index in [1.165, 1.54) is 0 Å². The highest BCUT2D eigenvalue weighted by atomic mass is 16.2. The van der Waals surface area contributed by atoms with Crippen LogP contribution in [0, 0.1) is 0 Å². The van der Waals surface area contributed by atoms with E-state index in [0.717, 1.165) is 5.69 Å². The number of nitrogens with two attached hydrogens (primary N) is 1. The van der Waals surface area contributed by atoms with Crippen molar-refractivity contribution in [3.63, 3.8) is 0 Å². The standard InChI is InChI=1S/C13H21N3O/c1-9(2)16(10(3)4)13(17)11-5-7-12(15-14)8-6-11/h5-10,15H,14H2,1-4H3. The van der Waals surface area contributed by atoms with E-state index in [0.29, 0.717) is 5.56 Å². The zero-order chi connectivity index (χ0) is 13.0. The number of nitrogen functional groups attached to an aromatic ring is 1. The van der Waals surface area contributed by atoms with Crippen molar-refractivity contribution in [1.29, 1.82) is 0 Å². The maximum Gasteiger partial charge on any atom is 0.254 e. The lowest BCUT2D eigenvalue weighted by molar-refractivity contribution is 0.0644. The van der Waals surface area contributed by atoms with E-state index < -0.39 is 0 Å². The largest absolute Gasteiger partial charge is 0.334 e. The minimum Gasteiger partial charge on any atom is -0.334 e. The van der Waals surface area contributed by atoms with Gasteiger partial charge in [0.25, 0.3) is 5.91 Å². The van der Waals surface area contributed by atoms with Crippen LogP contribution in [0.4, 0.5) is 5.69 Å². The van der Waals surface area contributed by atoms with Crippen molar-refractivity contribution >= 4 is 11.6 Å². The normalized spacial score (nSPS) is 10.8. The lowest BCUT2D eigenvalue weighted by Crippen LogP contribution is -2.42. The van der Waals surface area contributed by atoms with Crippen LogP contribution in [0.1, 0.15) is 38.1 Å². The van der Waals surface area contributed by atoms with Gasteiger partial charge in [0.15, 0.2) is 0 Å². The summed E-state index contributed by atoms with van der Waals surface area (Å²) in [5.74, 6) is 5.34. The Morgan fingerprint density at radius 1 is 1.12 bits per heavy atom. The summed E-state index contributed by atoms with van der Waals surface area (Å²) in [7, 11) is 0. The summed E-state index contributed by atoms with van der Waals surface area (Å²) in [4.78, 5) is 14.2. The third-order valence-corrected chi connectivity index (χ3v) is 2.65. The Labute approximate surface area is 103 Å². The topological polar surface area (TPSA) is 58.4 Å². The molecule has 0 fully saturated rings. The number of hydrazine groups is 1. The molecule has 0 radical (unpaired) electrons. The zero-order valence-corrected chi connectivity index (χ0v) is 10.9. The summed E-state index contributed by atoms with van der Waals surface area (Å²) in [6.45, 7) is 8.09. The predicted octanol–water partition coefficient (Wildman–Crippen LogP) is 2.23. The van der Waals surface area contributed by atoms with Gasteiger partial charge in [0.2, 0.25) is 0 Å². The van der Waals surface area contributed by atoms with Gasteiger partial charge < -0.3 is 10.3 Å². The molecule has 0 aliphatic carbocycles. The second-order valence-electron chi connectivity index (χ2n) is 4.62. The number of nitrogens with one attached hydrogen (secondary N) is 1. The van der Waals surface area contributed by atoms with Gasteiger partial charge in [-0.05, 0) is 52.0 Å². The van der Waals surface area contributed by atoms with Crippen LogP contribution < -0.4 is 11.3 Å². The van der Waals surface area contributed by atoms with Crippen molar-refractivity contribution in [3.05, 3.63) is 29.8 Å². The highest BCUT2D eigenvalue weighted by Gasteiger charge is 2.21. The first-order valence-electron chi connectivity index (χ1n) is 5.86. The van der Waals surface area contributed by atoms with Gasteiger partial charge in [0.05, 0.1) is 0 Å². The summed E-state index contributed by atoms with van der Waals surface area (Å²) in [5, 5.41) is 0. The quantitative estimate of drug-likeness (QED) is 0.621. The minimum absolute atomic E-state index is 0.0542. The third-order valence-electron chi connectivity index (χ3n) is 2.65. The molecule has 0 unspecified atom stereocenters.